The molecular weight excluding hydrogens is 822 g/mol. The van der Waals surface area contributed by atoms with Crippen LogP contribution >= 0.6 is 12.4 Å². The number of amides is 7. The van der Waals surface area contributed by atoms with Gasteiger partial charge in [-0.15, -0.1) is 12.4 Å². The fourth-order valence-electron chi connectivity index (χ4n) is 6.18. The Morgan fingerprint density at radius 1 is 0.613 bits per heavy atom. The van der Waals surface area contributed by atoms with E-state index in [4.69, 9.17) is 5.73 Å². The summed E-state index contributed by atoms with van der Waals surface area (Å²) in [5, 5.41) is 32.7. The Morgan fingerprint density at radius 2 is 1.18 bits per heavy atom. The number of nitrogens with two attached hydrogens (primary N) is 1. The predicted octanol–water partition coefficient (Wildman–Crippen LogP) is 0.524. The van der Waals surface area contributed by atoms with Crippen molar-refractivity contribution in [2.45, 2.75) is 50.4 Å². The molecule has 4 atom stereocenters. The Hall–Kier alpha value is -7.44. The highest BCUT2D eigenvalue weighted by Gasteiger charge is 2.27. The lowest BCUT2D eigenvalue weighted by molar-refractivity contribution is -0.134. The number of carbonyl (C=O) groups excluding carboxylic acids is 7. The van der Waals surface area contributed by atoms with Gasteiger partial charge in [-0.2, -0.15) is 0 Å². The van der Waals surface area contributed by atoms with Crippen LogP contribution < -0.4 is 43.2 Å². The molecule has 0 fully saturated rings. The number of phenolic OH excluding ortho intramolecular Hbond substituents is 2. The number of fused-ring (bicyclic) bond motifs is 1. The van der Waals surface area contributed by atoms with Gasteiger partial charge in [-0.05, 0) is 60.4 Å². The highest BCUT2D eigenvalue weighted by atomic mass is 35.5. The van der Waals surface area contributed by atoms with Crippen LogP contribution in [0.1, 0.15) is 34.0 Å². The van der Waals surface area contributed by atoms with Crippen molar-refractivity contribution in [2.75, 3.05) is 13.1 Å². The number of aromatic nitrogens is 1. The highest BCUT2D eigenvalue weighted by molar-refractivity contribution is 5.99. The van der Waals surface area contributed by atoms with Crippen molar-refractivity contribution in [3.8, 4) is 11.5 Å². The number of para-hydroxylation sites is 2. The molecule has 0 saturated heterocycles. The van der Waals surface area contributed by atoms with Gasteiger partial charge in [0.1, 0.15) is 29.6 Å². The van der Waals surface area contributed by atoms with Crippen LogP contribution in [0.5, 0.6) is 11.5 Å². The first-order chi connectivity index (χ1) is 29.3. The molecule has 0 bridgehead atoms. The van der Waals surface area contributed by atoms with Gasteiger partial charge in [0.2, 0.25) is 23.6 Å². The Morgan fingerprint density at radius 3 is 1.84 bits per heavy atom. The van der Waals surface area contributed by atoms with Gasteiger partial charge in [0.25, 0.3) is 17.7 Å². The third-order valence-corrected chi connectivity index (χ3v) is 9.46. The van der Waals surface area contributed by atoms with Gasteiger partial charge in [-0.1, -0.05) is 72.8 Å². The third kappa shape index (κ3) is 13.8. The van der Waals surface area contributed by atoms with Crippen molar-refractivity contribution >= 4 is 64.7 Å². The molecular formula is C43H48ClN9O9. The second kappa shape index (κ2) is 22.8. The lowest BCUT2D eigenvalue weighted by Crippen LogP contribution is -2.58. The Kier molecular flexibility index (Phi) is 17.4. The summed E-state index contributed by atoms with van der Waals surface area (Å²) in [7, 11) is 0. The van der Waals surface area contributed by atoms with Crippen LogP contribution in [0.3, 0.4) is 0 Å². The zero-order valence-electron chi connectivity index (χ0n) is 33.5. The van der Waals surface area contributed by atoms with Crippen molar-refractivity contribution in [2.24, 2.45) is 5.73 Å². The lowest BCUT2D eigenvalue weighted by atomic mass is 10.0. The van der Waals surface area contributed by atoms with Crippen molar-refractivity contribution in [1.29, 1.82) is 0 Å². The Bertz CT molecular complexity index is 2360. The number of H-pyrrole nitrogens is 1. The van der Waals surface area contributed by atoms with Gasteiger partial charge in [0.05, 0.1) is 24.7 Å². The number of hydrazine groups is 1. The summed E-state index contributed by atoms with van der Waals surface area (Å²) in [5.74, 6) is -5.38. The molecule has 0 saturated carbocycles. The monoisotopic (exact) mass is 869 g/mol. The quantitative estimate of drug-likeness (QED) is 0.0543. The summed E-state index contributed by atoms with van der Waals surface area (Å²) in [6.07, 6.45) is 1.79. The Balaban J connectivity index is 0.00000845. The average Bonchev–Trinajstić information content (AvgIpc) is 3.66. The molecule has 7 amide bonds. The van der Waals surface area contributed by atoms with E-state index in [1.807, 2.05) is 24.3 Å². The number of hydrogen-bond acceptors (Lipinski definition) is 10. The number of carbonyl (C=O) groups is 7. The van der Waals surface area contributed by atoms with Crippen LogP contribution in [-0.4, -0.2) is 93.8 Å². The number of hydrogen-bond donors (Lipinski definition) is 11. The second-order valence-corrected chi connectivity index (χ2v) is 14.1. The standard InChI is InChI=1S/C43H47N9O9.ClH/c1-25(48-41(59)32(44)19-27-15-17-29(53)18-16-27)39(57)46-23-37(55)49-34(20-26-9-3-2-4-10-26)42(60)51-52-43(61)35(21-28-22-45-33-13-7-5-11-30(28)33)50-38(56)24-47-40(58)31-12-6-8-14-36(31)54;/h2-18,22,25,32,34-35,45,53-54H,19-21,23-24,44H2,1H3,(H,46,57)(H,47,58)(H,48,59)(H,49,55)(H,50,56)(H,51,60)(H,52,61);1H/t25-,32-,34-,35+;/m0./s1. The van der Waals surface area contributed by atoms with Crippen LogP contribution in [0.4, 0.5) is 0 Å². The van der Waals surface area contributed by atoms with E-state index in [0.29, 0.717) is 16.7 Å². The molecule has 5 aromatic rings. The first-order valence-corrected chi connectivity index (χ1v) is 19.2. The second-order valence-electron chi connectivity index (χ2n) is 14.1. The van der Waals surface area contributed by atoms with E-state index in [1.54, 1.807) is 54.7 Å². The molecule has 19 heteroatoms. The number of phenols is 2. The van der Waals surface area contributed by atoms with Crippen LogP contribution in [0, 0.1) is 0 Å². The highest BCUT2D eigenvalue weighted by Crippen LogP contribution is 2.19. The molecule has 18 nitrogen and oxygen atoms in total. The van der Waals surface area contributed by atoms with E-state index in [1.165, 1.54) is 37.3 Å². The lowest BCUT2D eigenvalue weighted by Gasteiger charge is -2.22. The van der Waals surface area contributed by atoms with Crippen LogP contribution in [0.15, 0.2) is 109 Å². The third-order valence-electron chi connectivity index (χ3n) is 9.46. The number of halogens is 1. The molecule has 0 unspecified atom stereocenters. The zero-order valence-corrected chi connectivity index (χ0v) is 34.3. The van der Waals surface area contributed by atoms with E-state index in [-0.39, 0.29) is 48.7 Å². The molecule has 0 aliphatic rings. The van der Waals surface area contributed by atoms with E-state index in [2.05, 4.69) is 42.4 Å². The van der Waals surface area contributed by atoms with Gasteiger partial charge in [-0.3, -0.25) is 44.4 Å². The Labute approximate surface area is 362 Å². The maximum atomic E-state index is 13.7. The summed E-state index contributed by atoms with van der Waals surface area (Å²) in [6, 6.07) is 23.4. The fraction of sp³-hybridized carbons (Fsp3) is 0.233. The molecule has 1 aromatic heterocycles. The van der Waals surface area contributed by atoms with Crippen molar-refractivity contribution < 1.29 is 43.8 Å². The van der Waals surface area contributed by atoms with E-state index >= 15 is 0 Å². The first kappa shape index (κ1) is 47.2. The number of nitrogens with one attached hydrogen (secondary N) is 8. The summed E-state index contributed by atoms with van der Waals surface area (Å²) in [4.78, 5) is 94.6. The number of rotatable bonds is 18. The average molecular weight is 870 g/mol. The van der Waals surface area contributed by atoms with E-state index in [9.17, 15) is 43.8 Å². The summed E-state index contributed by atoms with van der Waals surface area (Å²) < 4.78 is 0. The van der Waals surface area contributed by atoms with Gasteiger partial charge in [-0.25, -0.2) is 0 Å². The molecule has 12 N–H and O–H groups in total. The molecule has 5 rings (SSSR count). The number of aromatic amines is 1. The molecule has 326 valence electrons. The molecule has 0 spiro atoms. The maximum Gasteiger partial charge on any atom is 0.261 e. The summed E-state index contributed by atoms with van der Waals surface area (Å²) >= 11 is 0. The van der Waals surface area contributed by atoms with Crippen molar-refractivity contribution in [3.63, 3.8) is 0 Å². The zero-order chi connectivity index (χ0) is 43.9. The van der Waals surface area contributed by atoms with E-state index < -0.39 is 78.6 Å². The minimum atomic E-state index is -1.27. The first-order valence-electron chi connectivity index (χ1n) is 19.2. The van der Waals surface area contributed by atoms with Gasteiger partial charge in [0, 0.05) is 29.9 Å². The molecule has 0 radical (unpaired) electrons. The SMILES string of the molecule is C[C@H](NC(=O)[C@@H](N)Cc1ccc(O)cc1)C(=O)NCC(=O)N[C@@H](Cc1ccccc1)C(=O)NNC(=O)[C@@H](Cc1c[nH]c2ccccc12)NC(=O)CNC(=O)c1ccccc1O.Cl. The van der Waals surface area contributed by atoms with Crippen molar-refractivity contribution in [3.05, 3.63) is 132 Å². The van der Waals surface area contributed by atoms with E-state index in [0.717, 1.165) is 10.9 Å². The largest absolute Gasteiger partial charge is 0.508 e. The molecule has 0 aliphatic heterocycles. The predicted molar refractivity (Wildman–Crippen MR) is 230 cm³/mol. The number of benzene rings is 4. The fourth-order valence-corrected chi connectivity index (χ4v) is 6.18. The normalized spacial score (nSPS) is 12.5. The summed E-state index contributed by atoms with van der Waals surface area (Å²) in [6.45, 7) is 0.300. The topological polar surface area (TPSA) is 286 Å². The number of aromatic hydroxyl groups is 2. The maximum absolute atomic E-state index is 13.7. The van der Waals surface area contributed by atoms with Gasteiger partial charge >= 0.3 is 0 Å². The van der Waals surface area contributed by atoms with Crippen LogP contribution in [0.2, 0.25) is 0 Å². The van der Waals surface area contributed by atoms with Crippen molar-refractivity contribution in [1.82, 2.24) is 42.4 Å². The molecule has 62 heavy (non-hydrogen) atoms. The smallest absolute Gasteiger partial charge is 0.261 e. The van der Waals surface area contributed by atoms with Gasteiger partial charge in [0.15, 0.2) is 0 Å². The minimum absolute atomic E-state index is 0. The van der Waals surface area contributed by atoms with Crippen LogP contribution in [0.25, 0.3) is 10.9 Å². The molecule has 4 aromatic carbocycles. The molecule has 1 heterocycles. The minimum Gasteiger partial charge on any atom is -0.508 e. The van der Waals surface area contributed by atoms with Gasteiger partial charge < -0.3 is 47.5 Å². The summed E-state index contributed by atoms with van der Waals surface area (Å²) in [5.41, 5.74) is 13.4. The molecule has 0 aliphatic carbocycles. The van der Waals surface area contributed by atoms with Crippen LogP contribution in [-0.2, 0) is 48.0 Å².